The lowest BCUT2D eigenvalue weighted by Gasteiger charge is -2.19. The fraction of sp³-hybridized carbons (Fsp3) is 0.280. The van der Waals surface area contributed by atoms with Crippen LogP contribution in [0.5, 0.6) is 0 Å². The van der Waals surface area contributed by atoms with Crippen LogP contribution in [0.1, 0.15) is 47.3 Å². The van der Waals surface area contributed by atoms with Crippen molar-refractivity contribution in [2.45, 2.75) is 31.7 Å². The number of hydrogen-bond acceptors (Lipinski definition) is 5. The molecule has 1 aliphatic carbocycles. The number of hydrogen-bond donors (Lipinski definition) is 3. The second-order valence-electron chi connectivity index (χ2n) is 8.14. The van der Waals surface area contributed by atoms with Crippen LogP contribution < -0.4 is 10.6 Å². The third kappa shape index (κ3) is 4.63. The van der Waals surface area contributed by atoms with Gasteiger partial charge in [0.15, 0.2) is 5.82 Å². The zero-order valence-corrected chi connectivity index (χ0v) is 18.9. The Hall–Kier alpha value is -4.14. The molecule has 34 heavy (non-hydrogen) atoms. The van der Waals surface area contributed by atoms with E-state index >= 15 is 0 Å². The number of carbonyl (C=O) groups excluding carboxylic acids is 2. The number of aromatic nitrogens is 2. The number of aromatic carboxylic acids is 1. The molecule has 0 bridgehead atoms. The van der Waals surface area contributed by atoms with Gasteiger partial charge in [0.2, 0.25) is 5.91 Å². The van der Waals surface area contributed by atoms with Crippen LogP contribution in [0.3, 0.4) is 0 Å². The number of rotatable bonds is 8. The number of carboxylic acids is 1. The van der Waals surface area contributed by atoms with Crippen LogP contribution in [-0.4, -0.2) is 45.5 Å². The molecule has 2 aromatic carbocycles. The molecule has 0 radical (unpaired) electrons. The molecule has 1 aliphatic rings. The highest BCUT2D eigenvalue weighted by Crippen LogP contribution is 2.44. The minimum Gasteiger partial charge on any atom is -0.477 e. The predicted octanol–water partition coefficient (Wildman–Crippen LogP) is 3.76. The minimum absolute atomic E-state index is 0.0631. The lowest BCUT2D eigenvalue weighted by atomic mass is 9.98. The van der Waals surface area contributed by atoms with E-state index in [0.29, 0.717) is 12.8 Å². The van der Waals surface area contributed by atoms with E-state index in [0.717, 1.165) is 26.9 Å². The molecule has 0 fully saturated rings. The average Bonchev–Trinajstić information content (AvgIpc) is 3.35. The number of carbonyl (C=O) groups is 3. The average molecular weight is 463 g/mol. The maximum absolute atomic E-state index is 12.7. The van der Waals surface area contributed by atoms with Crippen molar-refractivity contribution in [2.75, 3.05) is 11.9 Å². The lowest BCUT2D eigenvalue weighted by molar-refractivity contribution is -0.118. The van der Waals surface area contributed by atoms with Crippen molar-refractivity contribution < 1.29 is 24.2 Å². The molecule has 4 rings (SSSR count). The lowest BCUT2D eigenvalue weighted by Crippen LogP contribution is -2.44. The Kier molecular flexibility index (Phi) is 6.62. The van der Waals surface area contributed by atoms with Gasteiger partial charge in [-0.15, -0.1) is 0 Å². The second kappa shape index (κ2) is 9.78. The Morgan fingerprint density at radius 3 is 2.26 bits per heavy atom. The molecule has 9 heteroatoms. The van der Waals surface area contributed by atoms with Gasteiger partial charge >= 0.3 is 12.1 Å². The van der Waals surface area contributed by atoms with Gasteiger partial charge < -0.3 is 20.5 Å². The van der Waals surface area contributed by atoms with Gasteiger partial charge in [0.05, 0.1) is 0 Å². The molecule has 3 N–H and O–H groups in total. The summed E-state index contributed by atoms with van der Waals surface area (Å²) >= 11 is 0. The van der Waals surface area contributed by atoms with Crippen molar-refractivity contribution in [3.63, 3.8) is 0 Å². The SMILES string of the molecule is CCCC(NC(=O)OCC1c2ccccc2-c2ccccc21)C(=O)Nc1cc(C(=O)O)n(C)n1. The van der Waals surface area contributed by atoms with Gasteiger partial charge in [0.1, 0.15) is 18.3 Å². The van der Waals surface area contributed by atoms with Crippen molar-refractivity contribution >= 4 is 23.8 Å². The summed E-state index contributed by atoms with van der Waals surface area (Å²) in [6, 6.07) is 16.5. The van der Waals surface area contributed by atoms with E-state index in [-0.39, 0.29) is 24.0 Å². The number of nitrogens with one attached hydrogen (secondary N) is 2. The van der Waals surface area contributed by atoms with Gasteiger partial charge in [0, 0.05) is 19.0 Å². The molecular formula is C25H26N4O5. The monoisotopic (exact) mass is 462 g/mol. The van der Waals surface area contributed by atoms with Gasteiger partial charge in [-0.2, -0.15) is 5.10 Å². The fourth-order valence-electron chi connectivity index (χ4n) is 4.28. The van der Waals surface area contributed by atoms with Gasteiger partial charge in [0.25, 0.3) is 0 Å². The number of fused-ring (bicyclic) bond motifs is 3. The summed E-state index contributed by atoms with van der Waals surface area (Å²) in [7, 11) is 1.47. The smallest absolute Gasteiger partial charge is 0.407 e. The molecule has 2 amide bonds. The Morgan fingerprint density at radius 1 is 1.09 bits per heavy atom. The summed E-state index contributed by atoms with van der Waals surface area (Å²) in [4.78, 5) is 36.5. The molecule has 1 atom stereocenters. The molecule has 3 aromatic rings. The third-order valence-corrected chi connectivity index (χ3v) is 5.88. The zero-order valence-electron chi connectivity index (χ0n) is 18.9. The summed E-state index contributed by atoms with van der Waals surface area (Å²) in [6.45, 7) is 2.03. The zero-order chi connectivity index (χ0) is 24.2. The number of benzene rings is 2. The minimum atomic E-state index is -1.16. The van der Waals surface area contributed by atoms with Gasteiger partial charge in [-0.05, 0) is 28.7 Å². The van der Waals surface area contributed by atoms with Crippen LogP contribution in [0.2, 0.25) is 0 Å². The summed E-state index contributed by atoms with van der Waals surface area (Å²) < 4.78 is 6.70. The second-order valence-corrected chi connectivity index (χ2v) is 8.14. The Balaban J connectivity index is 1.40. The first-order valence-corrected chi connectivity index (χ1v) is 11.1. The Bertz CT molecular complexity index is 1190. The summed E-state index contributed by atoms with van der Waals surface area (Å²) in [5.41, 5.74) is 4.40. The molecule has 9 nitrogen and oxygen atoms in total. The summed E-state index contributed by atoms with van der Waals surface area (Å²) in [5, 5.41) is 18.3. The fourth-order valence-corrected chi connectivity index (χ4v) is 4.28. The van der Waals surface area contributed by atoms with Crippen molar-refractivity contribution in [2.24, 2.45) is 7.05 Å². The quantitative estimate of drug-likeness (QED) is 0.468. The molecule has 1 unspecified atom stereocenters. The van der Waals surface area contributed by atoms with Gasteiger partial charge in [-0.3, -0.25) is 9.48 Å². The maximum atomic E-state index is 12.7. The first kappa shape index (κ1) is 23.0. The van der Waals surface area contributed by atoms with Crippen LogP contribution in [0.25, 0.3) is 11.1 Å². The van der Waals surface area contributed by atoms with E-state index in [1.165, 1.54) is 13.1 Å². The first-order chi connectivity index (χ1) is 16.4. The molecule has 0 saturated heterocycles. The number of nitrogens with zero attached hydrogens (tertiary/aromatic N) is 2. The highest BCUT2D eigenvalue weighted by molar-refractivity contribution is 5.97. The van der Waals surface area contributed by atoms with E-state index in [1.807, 2.05) is 43.3 Å². The molecule has 176 valence electrons. The topological polar surface area (TPSA) is 123 Å². The third-order valence-electron chi connectivity index (χ3n) is 5.88. The highest BCUT2D eigenvalue weighted by Gasteiger charge is 2.30. The maximum Gasteiger partial charge on any atom is 0.407 e. The predicted molar refractivity (Wildman–Crippen MR) is 126 cm³/mol. The number of ether oxygens (including phenoxy) is 1. The van der Waals surface area contributed by atoms with E-state index in [4.69, 9.17) is 9.84 Å². The van der Waals surface area contributed by atoms with E-state index in [9.17, 15) is 14.4 Å². The standard InChI is InChI=1S/C25H26N4O5/c1-3-8-20(23(30)27-22-13-21(24(31)32)29(2)28-22)26-25(33)34-14-19-17-11-6-4-9-15(17)16-10-5-7-12-18(16)19/h4-7,9-13,19-20H,3,8,14H2,1-2H3,(H,26,33)(H,31,32)(H,27,28,30). The van der Waals surface area contributed by atoms with E-state index in [1.54, 1.807) is 0 Å². The van der Waals surface area contributed by atoms with Crippen LogP contribution in [0, 0.1) is 0 Å². The normalized spacial score (nSPS) is 13.0. The Morgan fingerprint density at radius 2 is 1.71 bits per heavy atom. The summed E-state index contributed by atoms with van der Waals surface area (Å²) in [6.07, 6.45) is 0.335. The Labute approximate surface area is 196 Å². The van der Waals surface area contributed by atoms with Crippen molar-refractivity contribution in [3.05, 3.63) is 71.4 Å². The molecule has 0 aliphatic heterocycles. The molecular weight excluding hydrogens is 436 g/mol. The van der Waals surface area contributed by atoms with Crippen LogP contribution in [0.4, 0.5) is 10.6 Å². The molecule has 0 saturated carbocycles. The molecule has 1 heterocycles. The van der Waals surface area contributed by atoms with Crippen LogP contribution >= 0.6 is 0 Å². The number of aryl methyl sites for hydroxylation is 1. The van der Waals surface area contributed by atoms with Crippen molar-refractivity contribution in [3.8, 4) is 11.1 Å². The largest absolute Gasteiger partial charge is 0.477 e. The highest BCUT2D eigenvalue weighted by atomic mass is 16.5. The van der Waals surface area contributed by atoms with Crippen molar-refractivity contribution in [1.29, 1.82) is 0 Å². The summed E-state index contributed by atoms with van der Waals surface area (Å²) in [5.74, 6) is -1.64. The number of alkyl carbamates (subject to hydrolysis) is 1. The number of carboxylic acid groups (broad SMARTS) is 1. The number of amides is 2. The number of anilines is 1. The van der Waals surface area contributed by atoms with Gasteiger partial charge in [-0.1, -0.05) is 61.9 Å². The molecule has 0 spiro atoms. The van der Waals surface area contributed by atoms with E-state index < -0.39 is 24.0 Å². The first-order valence-electron chi connectivity index (χ1n) is 11.1. The van der Waals surface area contributed by atoms with Gasteiger partial charge in [-0.25, -0.2) is 9.59 Å². The van der Waals surface area contributed by atoms with Crippen LogP contribution in [0.15, 0.2) is 54.6 Å². The van der Waals surface area contributed by atoms with Crippen molar-refractivity contribution in [1.82, 2.24) is 15.1 Å². The molecule has 1 aromatic heterocycles. The van der Waals surface area contributed by atoms with E-state index in [2.05, 4.69) is 27.9 Å². The van der Waals surface area contributed by atoms with Crippen LogP contribution in [-0.2, 0) is 16.6 Å².